The Hall–Kier alpha value is -0.920. The van der Waals surface area contributed by atoms with Crippen LogP contribution in [0.1, 0.15) is 33.6 Å². The van der Waals surface area contributed by atoms with Gasteiger partial charge >= 0.3 is 0 Å². The molecule has 0 aromatic rings. The fourth-order valence-electron chi connectivity index (χ4n) is 1.49. The van der Waals surface area contributed by atoms with E-state index in [4.69, 9.17) is 9.47 Å². The molecule has 2 rings (SSSR count). The first kappa shape index (κ1) is 10.2. The van der Waals surface area contributed by atoms with E-state index < -0.39 is 0 Å². The first-order chi connectivity index (χ1) is 6.38. The maximum Gasteiger partial charge on any atom is 0.159 e. The van der Waals surface area contributed by atoms with Crippen LogP contribution in [0.2, 0.25) is 0 Å². The lowest BCUT2D eigenvalue weighted by molar-refractivity contribution is 0.0604. The molecule has 0 saturated heterocycles. The molecule has 0 saturated carbocycles. The molecule has 0 aromatic heterocycles. The van der Waals surface area contributed by atoms with Gasteiger partial charge in [0, 0.05) is 6.42 Å². The van der Waals surface area contributed by atoms with E-state index in [0.717, 1.165) is 24.4 Å². The van der Waals surface area contributed by atoms with E-state index >= 15 is 0 Å². The highest BCUT2D eigenvalue weighted by Crippen LogP contribution is 2.28. The third-order valence-corrected chi connectivity index (χ3v) is 2.04. The standard InChI is InChI=1S/C9H12O2.C2H6/c1-7-3-2-4-8-9(7)11-6-5-10-8;1-2/h3H,2,4-6H2,1H3;1-2H3. The quantitative estimate of drug-likeness (QED) is 0.573. The Balaban J connectivity index is 0.000000396. The van der Waals surface area contributed by atoms with Gasteiger partial charge in [0.15, 0.2) is 5.76 Å². The van der Waals surface area contributed by atoms with Crippen LogP contribution < -0.4 is 0 Å². The molecule has 2 aliphatic rings. The van der Waals surface area contributed by atoms with Gasteiger partial charge in [0.25, 0.3) is 0 Å². The predicted molar refractivity (Wildman–Crippen MR) is 53.3 cm³/mol. The highest BCUT2D eigenvalue weighted by molar-refractivity contribution is 5.30. The molecule has 74 valence electrons. The molecule has 0 spiro atoms. The zero-order valence-electron chi connectivity index (χ0n) is 8.72. The molecule has 0 N–H and O–H groups in total. The van der Waals surface area contributed by atoms with Crippen molar-refractivity contribution in [3.63, 3.8) is 0 Å². The lowest BCUT2D eigenvalue weighted by Crippen LogP contribution is -2.16. The van der Waals surface area contributed by atoms with Crippen molar-refractivity contribution in [2.75, 3.05) is 13.2 Å². The lowest BCUT2D eigenvalue weighted by Gasteiger charge is -2.24. The Labute approximate surface area is 80.2 Å². The second kappa shape index (κ2) is 4.95. The first-order valence-electron chi connectivity index (χ1n) is 5.04. The van der Waals surface area contributed by atoms with Crippen molar-refractivity contribution < 1.29 is 9.47 Å². The van der Waals surface area contributed by atoms with Gasteiger partial charge in [-0.15, -0.1) is 0 Å². The predicted octanol–water partition coefficient (Wildman–Crippen LogP) is 3.01. The van der Waals surface area contributed by atoms with Crippen molar-refractivity contribution in [3.8, 4) is 0 Å². The molecule has 0 aromatic carbocycles. The summed E-state index contributed by atoms with van der Waals surface area (Å²) in [5.74, 6) is 2.04. The average molecular weight is 182 g/mol. The normalized spacial score (nSPS) is 20.1. The summed E-state index contributed by atoms with van der Waals surface area (Å²) < 4.78 is 10.9. The summed E-state index contributed by atoms with van der Waals surface area (Å²) in [6.07, 6.45) is 4.30. The summed E-state index contributed by atoms with van der Waals surface area (Å²) in [4.78, 5) is 0. The van der Waals surface area contributed by atoms with Crippen molar-refractivity contribution in [3.05, 3.63) is 23.2 Å². The number of hydrogen-bond donors (Lipinski definition) is 0. The van der Waals surface area contributed by atoms with E-state index in [-0.39, 0.29) is 0 Å². The van der Waals surface area contributed by atoms with Gasteiger partial charge in [0.1, 0.15) is 19.0 Å². The molecule has 0 radical (unpaired) electrons. The minimum Gasteiger partial charge on any atom is -0.490 e. The summed E-state index contributed by atoms with van der Waals surface area (Å²) in [6.45, 7) is 7.49. The van der Waals surface area contributed by atoms with Crippen LogP contribution in [-0.4, -0.2) is 13.2 Å². The minimum atomic E-state index is 0.698. The van der Waals surface area contributed by atoms with E-state index in [9.17, 15) is 0 Å². The lowest BCUT2D eigenvalue weighted by atomic mass is 10.0. The molecule has 0 amide bonds. The molecule has 0 unspecified atom stereocenters. The molecule has 0 bridgehead atoms. The van der Waals surface area contributed by atoms with Gasteiger partial charge in [-0.05, 0) is 18.9 Å². The summed E-state index contributed by atoms with van der Waals surface area (Å²) >= 11 is 0. The van der Waals surface area contributed by atoms with Crippen molar-refractivity contribution in [1.82, 2.24) is 0 Å². The molecular weight excluding hydrogens is 164 g/mol. The number of allylic oxidation sites excluding steroid dienone is 3. The maximum atomic E-state index is 5.48. The molecular formula is C11H18O2. The van der Waals surface area contributed by atoms with Crippen LogP contribution in [0.3, 0.4) is 0 Å². The van der Waals surface area contributed by atoms with E-state index in [1.54, 1.807) is 0 Å². The Morgan fingerprint density at radius 3 is 2.54 bits per heavy atom. The Morgan fingerprint density at radius 1 is 1.15 bits per heavy atom. The largest absolute Gasteiger partial charge is 0.490 e. The van der Waals surface area contributed by atoms with E-state index in [1.165, 1.54) is 5.57 Å². The molecule has 1 aliphatic carbocycles. The van der Waals surface area contributed by atoms with Crippen LogP contribution in [0, 0.1) is 0 Å². The van der Waals surface area contributed by atoms with Crippen molar-refractivity contribution in [1.29, 1.82) is 0 Å². The number of rotatable bonds is 0. The Kier molecular flexibility index (Phi) is 3.87. The van der Waals surface area contributed by atoms with Crippen LogP contribution in [0.4, 0.5) is 0 Å². The topological polar surface area (TPSA) is 18.5 Å². The molecule has 0 atom stereocenters. The fourth-order valence-corrected chi connectivity index (χ4v) is 1.49. The zero-order valence-corrected chi connectivity index (χ0v) is 8.72. The number of hydrogen-bond acceptors (Lipinski definition) is 2. The summed E-state index contributed by atoms with van der Waals surface area (Å²) in [6, 6.07) is 0. The van der Waals surface area contributed by atoms with Crippen molar-refractivity contribution in [2.24, 2.45) is 0 Å². The van der Waals surface area contributed by atoms with E-state index in [0.29, 0.717) is 13.2 Å². The van der Waals surface area contributed by atoms with Crippen molar-refractivity contribution in [2.45, 2.75) is 33.6 Å². The molecule has 2 nitrogen and oxygen atoms in total. The van der Waals surface area contributed by atoms with Crippen LogP contribution in [-0.2, 0) is 9.47 Å². The van der Waals surface area contributed by atoms with Gasteiger partial charge in [-0.25, -0.2) is 0 Å². The van der Waals surface area contributed by atoms with Crippen molar-refractivity contribution >= 4 is 0 Å². The first-order valence-corrected chi connectivity index (χ1v) is 5.04. The van der Waals surface area contributed by atoms with Gasteiger partial charge < -0.3 is 9.47 Å². The van der Waals surface area contributed by atoms with Gasteiger partial charge in [0.05, 0.1) is 0 Å². The molecule has 2 heteroatoms. The van der Waals surface area contributed by atoms with Gasteiger partial charge in [0.2, 0.25) is 0 Å². The molecule has 1 aliphatic heterocycles. The van der Waals surface area contributed by atoms with Crippen LogP contribution in [0.5, 0.6) is 0 Å². The number of ether oxygens (including phenoxy) is 2. The second-order valence-electron chi connectivity index (χ2n) is 2.88. The zero-order chi connectivity index (χ0) is 9.68. The average Bonchev–Trinajstić information content (AvgIpc) is 2.22. The van der Waals surface area contributed by atoms with Crippen LogP contribution >= 0.6 is 0 Å². The molecule has 13 heavy (non-hydrogen) atoms. The Bertz CT molecular complexity index is 226. The van der Waals surface area contributed by atoms with Gasteiger partial charge in [-0.2, -0.15) is 0 Å². The van der Waals surface area contributed by atoms with Gasteiger partial charge in [-0.1, -0.05) is 19.9 Å². The summed E-state index contributed by atoms with van der Waals surface area (Å²) in [5.41, 5.74) is 1.23. The third kappa shape index (κ3) is 2.27. The van der Waals surface area contributed by atoms with Gasteiger partial charge in [-0.3, -0.25) is 0 Å². The third-order valence-electron chi connectivity index (χ3n) is 2.04. The maximum absolute atomic E-state index is 5.48. The highest BCUT2D eigenvalue weighted by Gasteiger charge is 2.19. The SMILES string of the molecule is CC.CC1=CCCC2=C1OCCO2. The smallest absolute Gasteiger partial charge is 0.159 e. The summed E-state index contributed by atoms with van der Waals surface area (Å²) in [7, 11) is 0. The highest BCUT2D eigenvalue weighted by atomic mass is 16.6. The molecule has 0 fully saturated rings. The van der Waals surface area contributed by atoms with E-state index in [2.05, 4.69) is 13.0 Å². The minimum absolute atomic E-state index is 0.698. The van der Waals surface area contributed by atoms with Crippen LogP contribution in [0.15, 0.2) is 23.2 Å². The fraction of sp³-hybridized carbons (Fsp3) is 0.636. The summed E-state index contributed by atoms with van der Waals surface area (Å²) in [5, 5.41) is 0. The second-order valence-corrected chi connectivity index (χ2v) is 2.88. The monoisotopic (exact) mass is 182 g/mol. The van der Waals surface area contributed by atoms with E-state index in [1.807, 2.05) is 13.8 Å². The Morgan fingerprint density at radius 2 is 1.85 bits per heavy atom. The molecule has 1 heterocycles. The van der Waals surface area contributed by atoms with Crippen LogP contribution in [0.25, 0.3) is 0 Å².